The molecule has 4 unspecified atom stereocenters. The zero-order chi connectivity index (χ0) is 14.5. The SMILES string of the molecule is CCC1CCCCC1NC(=O)N(C)CC1CCCC1O. The van der Waals surface area contributed by atoms with Crippen molar-refractivity contribution >= 4 is 6.03 Å². The number of aliphatic hydroxyl groups is 1. The van der Waals surface area contributed by atoms with E-state index in [1.165, 1.54) is 19.3 Å². The molecule has 0 aromatic carbocycles. The van der Waals surface area contributed by atoms with Crippen molar-refractivity contribution in [1.82, 2.24) is 10.2 Å². The summed E-state index contributed by atoms with van der Waals surface area (Å²) >= 11 is 0. The van der Waals surface area contributed by atoms with Crippen LogP contribution in [0.5, 0.6) is 0 Å². The summed E-state index contributed by atoms with van der Waals surface area (Å²) < 4.78 is 0. The van der Waals surface area contributed by atoms with Crippen LogP contribution >= 0.6 is 0 Å². The lowest BCUT2D eigenvalue weighted by Crippen LogP contribution is -2.48. The zero-order valence-corrected chi connectivity index (χ0v) is 13.0. The van der Waals surface area contributed by atoms with Crippen molar-refractivity contribution in [3.05, 3.63) is 0 Å². The molecule has 20 heavy (non-hydrogen) atoms. The number of nitrogens with one attached hydrogen (secondary N) is 1. The van der Waals surface area contributed by atoms with Gasteiger partial charge < -0.3 is 15.3 Å². The van der Waals surface area contributed by atoms with E-state index in [2.05, 4.69) is 12.2 Å². The van der Waals surface area contributed by atoms with Crippen LogP contribution in [-0.2, 0) is 0 Å². The highest BCUT2D eigenvalue weighted by molar-refractivity contribution is 5.74. The van der Waals surface area contributed by atoms with E-state index in [9.17, 15) is 9.90 Å². The van der Waals surface area contributed by atoms with Gasteiger partial charge in [0.25, 0.3) is 0 Å². The van der Waals surface area contributed by atoms with Crippen LogP contribution in [0.25, 0.3) is 0 Å². The van der Waals surface area contributed by atoms with Gasteiger partial charge in [0, 0.05) is 25.6 Å². The molecule has 0 saturated heterocycles. The summed E-state index contributed by atoms with van der Waals surface area (Å²) in [7, 11) is 1.85. The number of hydrogen-bond acceptors (Lipinski definition) is 2. The minimum absolute atomic E-state index is 0.0365. The molecule has 2 fully saturated rings. The Labute approximate surface area is 122 Å². The second-order valence-electron chi connectivity index (χ2n) is 6.65. The van der Waals surface area contributed by atoms with Crippen LogP contribution in [0.4, 0.5) is 4.79 Å². The number of urea groups is 1. The predicted octanol–water partition coefficient (Wildman–Crippen LogP) is 2.76. The average Bonchev–Trinajstić information content (AvgIpc) is 2.84. The molecule has 0 aromatic heterocycles. The lowest BCUT2D eigenvalue weighted by Gasteiger charge is -2.33. The second kappa shape index (κ2) is 7.30. The normalized spacial score (nSPS) is 34.0. The number of carbonyl (C=O) groups is 1. The van der Waals surface area contributed by atoms with E-state index in [4.69, 9.17) is 0 Å². The molecule has 4 heteroatoms. The van der Waals surface area contributed by atoms with Gasteiger partial charge >= 0.3 is 6.03 Å². The number of carbonyl (C=O) groups excluding carboxylic acids is 1. The van der Waals surface area contributed by atoms with Gasteiger partial charge in [0.2, 0.25) is 0 Å². The molecule has 0 radical (unpaired) electrons. The molecule has 2 N–H and O–H groups in total. The van der Waals surface area contributed by atoms with Crippen molar-refractivity contribution in [1.29, 1.82) is 0 Å². The summed E-state index contributed by atoms with van der Waals surface area (Å²) in [4.78, 5) is 14.1. The smallest absolute Gasteiger partial charge is 0.317 e. The van der Waals surface area contributed by atoms with Crippen molar-refractivity contribution in [2.75, 3.05) is 13.6 Å². The number of nitrogens with zero attached hydrogens (tertiary/aromatic N) is 1. The molecule has 4 atom stereocenters. The van der Waals surface area contributed by atoms with Crippen LogP contribution in [0.15, 0.2) is 0 Å². The first-order chi connectivity index (χ1) is 9.61. The van der Waals surface area contributed by atoms with Crippen molar-refractivity contribution in [2.45, 2.75) is 70.4 Å². The molecule has 0 bridgehead atoms. The fourth-order valence-electron chi connectivity index (χ4n) is 3.82. The third-order valence-corrected chi connectivity index (χ3v) is 5.22. The van der Waals surface area contributed by atoms with Crippen molar-refractivity contribution in [2.24, 2.45) is 11.8 Å². The van der Waals surface area contributed by atoms with Crippen LogP contribution in [0.2, 0.25) is 0 Å². The summed E-state index contributed by atoms with van der Waals surface area (Å²) in [5, 5.41) is 13.1. The van der Waals surface area contributed by atoms with Crippen LogP contribution in [0, 0.1) is 11.8 Å². The molecule has 116 valence electrons. The first-order valence-corrected chi connectivity index (χ1v) is 8.31. The topological polar surface area (TPSA) is 52.6 Å². The Morgan fingerprint density at radius 3 is 2.50 bits per heavy atom. The first kappa shape index (κ1) is 15.6. The summed E-state index contributed by atoms with van der Waals surface area (Å²) in [6, 6.07) is 0.381. The summed E-state index contributed by atoms with van der Waals surface area (Å²) in [6.07, 6.45) is 8.83. The molecule has 0 aromatic rings. The van der Waals surface area contributed by atoms with Gasteiger partial charge in [-0.2, -0.15) is 0 Å². The fraction of sp³-hybridized carbons (Fsp3) is 0.938. The van der Waals surface area contributed by atoms with E-state index in [1.807, 2.05) is 7.05 Å². The van der Waals surface area contributed by atoms with Gasteiger partial charge in [0.05, 0.1) is 6.10 Å². The Hall–Kier alpha value is -0.770. The van der Waals surface area contributed by atoms with Crippen LogP contribution < -0.4 is 5.32 Å². The monoisotopic (exact) mass is 282 g/mol. The van der Waals surface area contributed by atoms with Crippen molar-refractivity contribution < 1.29 is 9.90 Å². The molecule has 2 saturated carbocycles. The summed E-state index contributed by atoms with van der Waals surface area (Å²) in [5.74, 6) is 0.900. The molecular weight excluding hydrogens is 252 g/mol. The number of rotatable bonds is 4. The maximum absolute atomic E-state index is 12.3. The number of hydrogen-bond donors (Lipinski definition) is 2. The Morgan fingerprint density at radius 2 is 1.85 bits per heavy atom. The molecule has 0 heterocycles. The van der Waals surface area contributed by atoms with Gasteiger partial charge in [-0.3, -0.25) is 0 Å². The van der Waals surface area contributed by atoms with E-state index in [0.29, 0.717) is 18.5 Å². The van der Waals surface area contributed by atoms with Crippen molar-refractivity contribution in [3.8, 4) is 0 Å². The molecule has 2 aliphatic rings. The molecule has 2 aliphatic carbocycles. The largest absolute Gasteiger partial charge is 0.393 e. The molecule has 2 amide bonds. The standard InChI is InChI=1S/C16H30N2O2/c1-3-12-7-4-5-9-14(12)17-16(20)18(2)11-13-8-6-10-15(13)19/h12-15,19H,3-11H2,1-2H3,(H,17,20). The number of amides is 2. The first-order valence-electron chi connectivity index (χ1n) is 8.31. The highest BCUT2D eigenvalue weighted by Crippen LogP contribution is 2.28. The third-order valence-electron chi connectivity index (χ3n) is 5.22. The minimum Gasteiger partial charge on any atom is -0.393 e. The average molecular weight is 282 g/mol. The lowest BCUT2D eigenvalue weighted by molar-refractivity contribution is 0.112. The van der Waals surface area contributed by atoms with E-state index < -0.39 is 0 Å². The highest BCUT2D eigenvalue weighted by atomic mass is 16.3. The van der Waals surface area contributed by atoms with Crippen LogP contribution in [-0.4, -0.2) is 41.8 Å². The van der Waals surface area contributed by atoms with Gasteiger partial charge in [0.15, 0.2) is 0 Å². The van der Waals surface area contributed by atoms with E-state index in [0.717, 1.165) is 32.1 Å². The van der Waals surface area contributed by atoms with Gasteiger partial charge in [-0.25, -0.2) is 4.79 Å². The maximum atomic E-state index is 12.3. The number of aliphatic hydroxyl groups excluding tert-OH is 1. The predicted molar refractivity (Wildman–Crippen MR) is 80.5 cm³/mol. The minimum atomic E-state index is -0.219. The Kier molecular flexibility index (Phi) is 5.70. The quantitative estimate of drug-likeness (QED) is 0.833. The van der Waals surface area contributed by atoms with Crippen molar-refractivity contribution in [3.63, 3.8) is 0 Å². The highest BCUT2D eigenvalue weighted by Gasteiger charge is 2.29. The van der Waals surface area contributed by atoms with E-state index in [1.54, 1.807) is 4.90 Å². The van der Waals surface area contributed by atoms with Gasteiger partial charge in [-0.15, -0.1) is 0 Å². The van der Waals surface area contributed by atoms with E-state index >= 15 is 0 Å². The maximum Gasteiger partial charge on any atom is 0.317 e. The molecule has 4 nitrogen and oxygen atoms in total. The lowest BCUT2D eigenvalue weighted by atomic mass is 9.83. The molecule has 2 rings (SSSR count). The molecule has 0 aliphatic heterocycles. The Balaban J connectivity index is 1.80. The van der Waals surface area contributed by atoms with Gasteiger partial charge in [0.1, 0.15) is 0 Å². The van der Waals surface area contributed by atoms with Gasteiger partial charge in [-0.1, -0.05) is 32.6 Å². The van der Waals surface area contributed by atoms with E-state index in [-0.39, 0.29) is 18.1 Å². The van der Waals surface area contributed by atoms with Crippen LogP contribution in [0.3, 0.4) is 0 Å². The summed E-state index contributed by atoms with van der Waals surface area (Å²) in [5.41, 5.74) is 0. The molecular formula is C16H30N2O2. The fourth-order valence-corrected chi connectivity index (χ4v) is 3.82. The van der Waals surface area contributed by atoms with Crippen LogP contribution in [0.1, 0.15) is 58.3 Å². The Morgan fingerprint density at radius 1 is 1.15 bits per heavy atom. The zero-order valence-electron chi connectivity index (χ0n) is 13.0. The Bertz CT molecular complexity index is 322. The summed E-state index contributed by atoms with van der Waals surface area (Å²) in [6.45, 7) is 2.89. The van der Waals surface area contributed by atoms with Gasteiger partial charge in [-0.05, 0) is 31.6 Å². The molecule has 0 spiro atoms. The second-order valence-corrected chi connectivity index (χ2v) is 6.65. The third kappa shape index (κ3) is 3.87.